The van der Waals surface area contributed by atoms with Gasteiger partial charge in [-0.25, -0.2) is 0 Å². The molecule has 3 heteroatoms. The van der Waals surface area contributed by atoms with Crippen molar-refractivity contribution in [1.82, 2.24) is 4.90 Å². The highest BCUT2D eigenvalue weighted by atomic mass is 16.3. The third-order valence-electron chi connectivity index (χ3n) is 4.47. The lowest BCUT2D eigenvalue weighted by Gasteiger charge is -2.44. The van der Waals surface area contributed by atoms with Crippen molar-refractivity contribution in [3.63, 3.8) is 0 Å². The number of likely N-dealkylation sites (tertiary alicyclic amines) is 1. The highest BCUT2D eigenvalue weighted by molar-refractivity contribution is 5.01. The van der Waals surface area contributed by atoms with Crippen LogP contribution < -0.4 is 5.73 Å². The summed E-state index contributed by atoms with van der Waals surface area (Å²) in [5, 5.41) is 9.51. The van der Waals surface area contributed by atoms with Crippen molar-refractivity contribution in [2.24, 2.45) is 11.7 Å². The van der Waals surface area contributed by atoms with E-state index in [9.17, 15) is 5.11 Å². The topological polar surface area (TPSA) is 49.5 Å². The summed E-state index contributed by atoms with van der Waals surface area (Å²) in [5.41, 5.74) is 6.08. The second-order valence-electron chi connectivity index (χ2n) is 5.12. The Labute approximate surface area is 92.6 Å². The van der Waals surface area contributed by atoms with Crippen LogP contribution in [0.2, 0.25) is 0 Å². The fourth-order valence-corrected chi connectivity index (χ4v) is 3.60. The van der Waals surface area contributed by atoms with Gasteiger partial charge < -0.3 is 10.8 Å². The van der Waals surface area contributed by atoms with Gasteiger partial charge in [-0.05, 0) is 45.3 Å². The predicted molar refractivity (Wildman–Crippen MR) is 61.6 cm³/mol. The molecular formula is C12H24N2O. The normalized spacial score (nSPS) is 28.4. The first-order valence-corrected chi connectivity index (χ1v) is 6.39. The molecule has 0 aromatic heterocycles. The third-order valence-corrected chi connectivity index (χ3v) is 4.47. The molecule has 0 spiro atoms. The van der Waals surface area contributed by atoms with E-state index in [-0.39, 0.29) is 18.1 Å². The number of aliphatic hydroxyl groups excluding tert-OH is 1. The molecule has 0 aromatic carbocycles. The Balaban J connectivity index is 2.14. The van der Waals surface area contributed by atoms with Gasteiger partial charge in [0.2, 0.25) is 0 Å². The maximum Gasteiger partial charge on any atom is 0.0489 e. The van der Waals surface area contributed by atoms with E-state index in [1.54, 1.807) is 0 Å². The lowest BCUT2D eigenvalue weighted by atomic mass is 9.81. The number of rotatable bonds is 4. The lowest BCUT2D eigenvalue weighted by Crippen LogP contribution is -2.54. The van der Waals surface area contributed by atoms with Crippen molar-refractivity contribution < 1.29 is 5.11 Å². The zero-order valence-corrected chi connectivity index (χ0v) is 9.62. The Morgan fingerprint density at radius 1 is 1.13 bits per heavy atom. The van der Waals surface area contributed by atoms with Crippen molar-refractivity contribution in [3.05, 3.63) is 0 Å². The molecule has 1 saturated carbocycles. The van der Waals surface area contributed by atoms with Gasteiger partial charge in [0.25, 0.3) is 0 Å². The zero-order chi connectivity index (χ0) is 10.7. The first-order valence-electron chi connectivity index (χ1n) is 6.39. The molecule has 1 aliphatic heterocycles. The molecule has 0 bridgehead atoms. The Bertz CT molecular complexity index is 188. The number of nitrogens with two attached hydrogens (primary N) is 1. The van der Waals surface area contributed by atoms with Crippen LogP contribution in [0.3, 0.4) is 0 Å². The van der Waals surface area contributed by atoms with E-state index in [1.165, 1.54) is 51.6 Å². The summed E-state index contributed by atoms with van der Waals surface area (Å²) >= 11 is 0. The highest BCUT2D eigenvalue weighted by Crippen LogP contribution is 2.42. The van der Waals surface area contributed by atoms with E-state index in [2.05, 4.69) is 4.90 Å². The quantitative estimate of drug-likeness (QED) is 0.730. The van der Waals surface area contributed by atoms with Crippen LogP contribution >= 0.6 is 0 Å². The van der Waals surface area contributed by atoms with Gasteiger partial charge >= 0.3 is 0 Å². The molecule has 1 saturated heterocycles. The van der Waals surface area contributed by atoms with Gasteiger partial charge in [-0.3, -0.25) is 4.90 Å². The monoisotopic (exact) mass is 212 g/mol. The molecule has 0 amide bonds. The minimum absolute atomic E-state index is 0.250. The number of nitrogens with zero attached hydrogens (tertiary/aromatic N) is 1. The molecule has 0 aromatic rings. The summed E-state index contributed by atoms with van der Waals surface area (Å²) in [6, 6.07) is 0. The molecule has 3 nitrogen and oxygen atoms in total. The average Bonchev–Trinajstić information content (AvgIpc) is 2.90. The minimum atomic E-state index is 0.250. The van der Waals surface area contributed by atoms with Crippen LogP contribution in [0.5, 0.6) is 0 Å². The van der Waals surface area contributed by atoms with Gasteiger partial charge in [-0.15, -0.1) is 0 Å². The minimum Gasteiger partial charge on any atom is -0.396 e. The van der Waals surface area contributed by atoms with E-state index < -0.39 is 0 Å². The summed E-state index contributed by atoms with van der Waals surface area (Å²) in [6.45, 7) is 3.33. The highest BCUT2D eigenvalue weighted by Gasteiger charge is 2.45. The van der Waals surface area contributed by atoms with Crippen molar-refractivity contribution >= 4 is 0 Å². The van der Waals surface area contributed by atoms with Crippen molar-refractivity contribution in [3.8, 4) is 0 Å². The molecule has 0 unspecified atom stereocenters. The fourth-order valence-electron chi connectivity index (χ4n) is 3.60. The Morgan fingerprint density at radius 2 is 1.73 bits per heavy atom. The smallest absolute Gasteiger partial charge is 0.0489 e. The molecule has 15 heavy (non-hydrogen) atoms. The van der Waals surface area contributed by atoms with E-state index in [0.29, 0.717) is 6.54 Å². The standard InChI is InChI=1S/C12H24N2O/c13-9-11(10-15)12(5-1-2-6-12)14-7-3-4-8-14/h11,15H,1-10,13H2/t11-/m0/s1. The number of aliphatic hydroxyl groups is 1. The van der Waals surface area contributed by atoms with Crippen molar-refractivity contribution in [1.29, 1.82) is 0 Å². The lowest BCUT2D eigenvalue weighted by molar-refractivity contribution is 0.0295. The SMILES string of the molecule is NC[C@@H](CO)C1(N2CCCC2)CCCC1. The maximum absolute atomic E-state index is 9.51. The van der Waals surface area contributed by atoms with Crippen LogP contribution in [-0.4, -0.2) is 41.8 Å². The van der Waals surface area contributed by atoms with E-state index in [1.807, 2.05) is 0 Å². The molecule has 2 fully saturated rings. The summed E-state index contributed by atoms with van der Waals surface area (Å²) in [5.74, 6) is 0.290. The molecular weight excluding hydrogens is 188 g/mol. The van der Waals surface area contributed by atoms with E-state index in [4.69, 9.17) is 5.73 Å². The second kappa shape index (κ2) is 4.81. The zero-order valence-electron chi connectivity index (χ0n) is 9.62. The Morgan fingerprint density at radius 3 is 2.20 bits per heavy atom. The van der Waals surface area contributed by atoms with Crippen LogP contribution in [0.25, 0.3) is 0 Å². The Hall–Kier alpha value is -0.120. The first kappa shape index (κ1) is 11.4. The first-order chi connectivity index (χ1) is 7.33. The van der Waals surface area contributed by atoms with Crippen molar-refractivity contribution in [2.45, 2.75) is 44.1 Å². The van der Waals surface area contributed by atoms with Gasteiger partial charge in [0.1, 0.15) is 0 Å². The number of hydrogen-bond donors (Lipinski definition) is 2. The molecule has 3 N–H and O–H groups in total. The molecule has 1 atom stereocenters. The third kappa shape index (κ3) is 1.93. The van der Waals surface area contributed by atoms with Gasteiger partial charge in [0.05, 0.1) is 0 Å². The van der Waals surface area contributed by atoms with Gasteiger partial charge in [0, 0.05) is 18.1 Å². The fraction of sp³-hybridized carbons (Fsp3) is 1.00. The molecule has 1 heterocycles. The molecule has 0 radical (unpaired) electrons. The molecule has 2 rings (SSSR count). The average molecular weight is 212 g/mol. The van der Waals surface area contributed by atoms with Gasteiger partial charge in [0.15, 0.2) is 0 Å². The van der Waals surface area contributed by atoms with Crippen LogP contribution in [0.4, 0.5) is 0 Å². The predicted octanol–water partition coefficient (Wildman–Crippen LogP) is 0.962. The summed E-state index contributed by atoms with van der Waals surface area (Å²) in [7, 11) is 0. The summed E-state index contributed by atoms with van der Waals surface area (Å²) in [6.07, 6.45) is 7.76. The van der Waals surface area contributed by atoms with Crippen molar-refractivity contribution in [2.75, 3.05) is 26.2 Å². The number of hydrogen-bond acceptors (Lipinski definition) is 3. The van der Waals surface area contributed by atoms with Crippen LogP contribution in [-0.2, 0) is 0 Å². The van der Waals surface area contributed by atoms with E-state index >= 15 is 0 Å². The summed E-state index contributed by atoms with van der Waals surface area (Å²) < 4.78 is 0. The largest absolute Gasteiger partial charge is 0.396 e. The Kier molecular flexibility index (Phi) is 3.65. The van der Waals surface area contributed by atoms with Crippen LogP contribution in [0, 0.1) is 5.92 Å². The van der Waals surface area contributed by atoms with Crippen LogP contribution in [0.1, 0.15) is 38.5 Å². The van der Waals surface area contributed by atoms with Gasteiger partial charge in [-0.1, -0.05) is 12.8 Å². The summed E-state index contributed by atoms with van der Waals surface area (Å²) in [4.78, 5) is 2.62. The molecule has 2 aliphatic rings. The van der Waals surface area contributed by atoms with Crippen LogP contribution in [0.15, 0.2) is 0 Å². The molecule has 88 valence electrons. The molecule has 1 aliphatic carbocycles. The van der Waals surface area contributed by atoms with E-state index in [0.717, 1.165) is 0 Å². The maximum atomic E-state index is 9.51. The van der Waals surface area contributed by atoms with Gasteiger partial charge in [-0.2, -0.15) is 0 Å². The second-order valence-corrected chi connectivity index (χ2v) is 5.12.